The third-order valence-electron chi connectivity index (χ3n) is 6.20. The van der Waals surface area contributed by atoms with Crippen LogP contribution in [0.15, 0.2) is 36.4 Å². The van der Waals surface area contributed by atoms with Crippen LogP contribution in [0.3, 0.4) is 0 Å². The Morgan fingerprint density at radius 3 is 2.38 bits per heavy atom. The van der Waals surface area contributed by atoms with Crippen molar-refractivity contribution in [1.29, 1.82) is 0 Å². The summed E-state index contributed by atoms with van der Waals surface area (Å²) in [4.78, 5) is 41.7. The number of nitrogens with zero attached hydrogens (tertiary/aromatic N) is 2. The molecule has 1 atom stereocenters. The van der Waals surface area contributed by atoms with Crippen molar-refractivity contribution < 1.29 is 23.9 Å². The summed E-state index contributed by atoms with van der Waals surface area (Å²) in [6.07, 6.45) is 0.533. The number of carbonyl (C=O) groups excluding carboxylic acids is 3. The Balaban J connectivity index is 1.51. The van der Waals surface area contributed by atoms with Crippen molar-refractivity contribution in [2.45, 2.75) is 32.0 Å². The van der Waals surface area contributed by atoms with Crippen molar-refractivity contribution in [1.82, 2.24) is 15.1 Å². The van der Waals surface area contributed by atoms with E-state index in [2.05, 4.69) is 5.32 Å². The van der Waals surface area contributed by atoms with Crippen LogP contribution in [0.2, 0.25) is 0 Å². The van der Waals surface area contributed by atoms with E-state index in [1.165, 1.54) is 0 Å². The molecule has 0 radical (unpaired) electrons. The summed E-state index contributed by atoms with van der Waals surface area (Å²) in [7, 11) is 4.70. The lowest BCUT2D eigenvalue weighted by atomic mass is 9.92. The van der Waals surface area contributed by atoms with Crippen LogP contribution in [0.5, 0.6) is 11.5 Å². The maximum Gasteiger partial charge on any atom is 0.254 e. The van der Waals surface area contributed by atoms with Gasteiger partial charge in [-0.1, -0.05) is 18.2 Å². The van der Waals surface area contributed by atoms with E-state index in [9.17, 15) is 14.4 Å². The van der Waals surface area contributed by atoms with Gasteiger partial charge in [0, 0.05) is 45.1 Å². The van der Waals surface area contributed by atoms with Crippen LogP contribution in [0, 0.1) is 0 Å². The monoisotopic (exact) mass is 437 g/mol. The molecule has 2 aromatic rings. The molecule has 1 unspecified atom stereocenters. The van der Waals surface area contributed by atoms with Crippen LogP contribution in [0.4, 0.5) is 0 Å². The Hall–Kier alpha value is -3.55. The van der Waals surface area contributed by atoms with Crippen LogP contribution in [-0.4, -0.2) is 61.4 Å². The molecule has 0 bridgehead atoms. The third kappa shape index (κ3) is 3.88. The van der Waals surface area contributed by atoms with Crippen molar-refractivity contribution in [3.05, 3.63) is 58.7 Å². The first-order chi connectivity index (χ1) is 15.5. The molecule has 2 aromatic carbocycles. The summed E-state index contributed by atoms with van der Waals surface area (Å²) in [5.41, 5.74) is 3.53. The van der Waals surface area contributed by atoms with Gasteiger partial charge >= 0.3 is 0 Å². The van der Waals surface area contributed by atoms with Crippen molar-refractivity contribution in [2.75, 3.05) is 27.8 Å². The van der Waals surface area contributed by atoms with Crippen LogP contribution < -0.4 is 14.8 Å². The number of methoxy groups -OCH3 is 2. The second-order valence-electron chi connectivity index (χ2n) is 7.97. The van der Waals surface area contributed by atoms with Gasteiger partial charge in [0.15, 0.2) is 11.5 Å². The lowest BCUT2D eigenvalue weighted by molar-refractivity contribution is -0.141. The molecule has 32 heavy (non-hydrogen) atoms. The molecule has 8 nitrogen and oxygen atoms in total. The van der Waals surface area contributed by atoms with Gasteiger partial charge in [0.25, 0.3) is 5.91 Å². The van der Waals surface area contributed by atoms with Crippen molar-refractivity contribution in [3.8, 4) is 11.5 Å². The Bertz CT molecular complexity index is 1070. The minimum atomic E-state index is -0.621. The van der Waals surface area contributed by atoms with Crippen molar-refractivity contribution in [2.24, 2.45) is 0 Å². The molecule has 4 rings (SSSR count). The highest BCUT2D eigenvalue weighted by atomic mass is 16.5. The van der Waals surface area contributed by atoms with E-state index in [1.807, 2.05) is 36.4 Å². The summed E-state index contributed by atoms with van der Waals surface area (Å²) in [5, 5.41) is 2.66. The summed E-state index contributed by atoms with van der Waals surface area (Å²) in [6, 6.07) is 10.6. The fourth-order valence-corrected chi connectivity index (χ4v) is 4.44. The number of rotatable bonds is 6. The first kappa shape index (κ1) is 21.7. The van der Waals surface area contributed by atoms with Gasteiger partial charge in [-0.05, 0) is 34.9 Å². The number of carbonyl (C=O) groups is 3. The quantitative estimate of drug-likeness (QED) is 0.744. The number of fused-ring (bicyclic) bond motifs is 2. The van der Waals surface area contributed by atoms with Crippen LogP contribution >= 0.6 is 0 Å². The van der Waals surface area contributed by atoms with Gasteiger partial charge in [-0.15, -0.1) is 0 Å². The second-order valence-corrected chi connectivity index (χ2v) is 7.97. The van der Waals surface area contributed by atoms with Gasteiger partial charge in [0.1, 0.15) is 6.04 Å². The molecule has 0 spiro atoms. The van der Waals surface area contributed by atoms with Gasteiger partial charge < -0.3 is 24.6 Å². The van der Waals surface area contributed by atoms with Crippen LogP contribution in [-0.2, 0) is 29.1 Å². The fourth-order valence-electron chi connectivity index (χ4n) is 4.44. The average Bonchev–Trinajstić information content (AvgIpc) is 3.15. The minimum Gasteiger partial charge on any atom is -0.493 e. The normalized spacial score (nSPS) is 17.0. The molecule has 2 aliphatic heterocycles. The zero-order valence-electron chi connectivity index (χ0n) is 18.5. The molecule has 8 heteroatoms. The fraction of sp³-hybridized carbons (Fsp3) is 0.375. The summed E-state index contributed by atoms with van der Waals surface area (Å²) >= 11 is 0. The number of ether oxygens (including phenoxy) is 2. The Labute approximate surface area is 187 Å². The number of nitrogens with one attached hydrogen (secondary N) is 1. The SMILES string of the molecule is CNC(=O)C1Cc2cc(OC)c(OC)cc2CN1C(=O)CCN1Cc2ccccc2C1=O. The minimum absolute atomic E-state index is 0.0583. The molecule has 0 fully saturated rings. The second kappa shape index (κ2) is 8.90. The number of hydrogen-bond donors (Lipinski definition) is 1. The highest BCUT2D eigenvalue weighted by molar-refractivity contribution is 5.98. The third-order valence-corrected chi connectivity index (χ3v) is 6.20. The molecule has 0 aromatic heterocycles. The standard InChI is InChI=1S/C24H27N3O5/c1-25-23(29)19-10-16-11-20(31-2)21(32-3)12-17(16)14-27(19)22(28)8-9-26-13-15-6-4-5-7-18(15)24(26)30/h4-7,11-12,19H,8-10,13-14H2,1-3H3,(H,25,29). The van der Waals surface area contributed by atoms with E-state index in [-0.39, 0.29) is 24.1 Å². The smallest absolute Gasteiger partial charge is 0.254 e. The molecule has 168 valence electrons. The average molecular weight is 437 g/mol. The van der Waals surface area contributed by atoms with Crippen molar-refractivity contribution in [3.63, 3.8) is 0 Å². The topological polar surface area (TPSA) is 88.2 Å². The van der Waals surface area contributed by atoms with Gasteiger partial charge in [0.05, 0.1) is 14.2 Å². The summed E-state index contributed by atoms with van der Waals surface area (Å²) < 4.78 is 10.8. The first-order valence-corrected chi connectivity index (χ1v) is 10.6. The summed E-state index contributed by atoms with van der Waals surface area (Å²) in [5.74, 6) is 0.731. The number of likely N-dealkylation sites (N-methyl/N-ethyl adjacent to an activating group) is 1. The molecule has 0 saturated heterocycles. The molecule has 1 N–H and O–H groups in total. The highest BCUT2D eigenvalue weighted by Gasteiger charge is 2.35. The molecule has 3 amide bonds. The molecule has 2 aliphatic rings. The lowest BCUT2D eigenvalue weighted by Gasteiger charge is -2.36. The summed E-state index contributed by atoms with van der Waals surface area (Å²) in [6.45, 7) is 1.10. The molecular weight excluding hydrogens is 410 g/mol. The molecule has 0 aliphatic carbocycles. The van der Waals surface area contributed by atoms with Crippen molar-refractivity contribution >= 4 is 17.7 Å². The number of hydrogen-bond acceptors (Lipinski definition) is 5. The lowest BCUT2D eigenvalue weighted by Crippen LogP contribution is -2.52. The Morgan fingerprint density at radius 1 is 1.03 bits per heavy atom. The van der Waals surface area contributed by atoms with Gasteiger partial charge in [-0.2, -0.15) is 0 Å². The first-order valence-electron chi connectivity index (χ1n) is 10.6. The predicted octanol–water partition coefficient (Wildman–Crippen LogP) is 1.75. The maximum absolute atomic E-state index is 13.2. The van der Waals surface area contributed by atoms with E-state index in [4.69, 9.17) is 9.47 Å². The maximum atomic E-state index is 13.2. The van der Waals surface area contributed by atoms with E-state index in [1.54, 1.807) is 31.1 Å². The largest absolute Gasteiger partial charge is 0.493 e. The zero-order chi connectivity index (χ0) is 22.8. The zero-order valence-corrected chi connectivity index (χ0v) is 18.5. The van der Waals surface area contributed by atoms with Gasteiger partial charge in [0.2, 0.25) is 11.8 Å². The Kier molecular flexibility index (Phi) is 6.03. The number of amides is 3. The Morgan fingerprint density at radius 2 is 1.72 bits per heavy atom. The van der Waals surface area contributed by atoms with Crippen LogP contribution in [0.1, 0.15) is 33.5 Å². The van der Waals surface area contributed by atoms with Gasteiger partial charge in [-0.25, -0.2) is 0 Å². The molecule has 2 heterocycles. The van der Waals surface area contributed by atoms with E-state index in [0.29, 0.717) is 43.1 Å². The van der Waals surface area contributed by atoms with Crippen LogP contribution in [0.25, 0.3) is 0 Å². The number of benzene rings is 2. The predicted molar refractivity (Wildman–Crippen MR) is 117 cm³/mol. The van der Waals surface area contributed by atoms with Gasteiger partial charge in [-0.3, -0.25) is 14.4 Å². The molecule has 0 saturated carbocycles. The molecular formula is C24H27N3O5. The van der Waals surface area contributed by atoms with E-state index < -0.39 is 6.04 Å². The highest BCUT2D eigenvalue weighted by Crippen LogP contribution is 2.35. The van der Waals surface area contributed by atoms with E-state index in [0.717, 1.165) is 16.7 Å². The van der Waals surface area contributed by atoms with E-state index >= 15 is 0 Å².